The molecule has 31 heavy (non-hydrogen) atoms. The smallest absolute Gasteiger partial charge is 0.161 e. The van der Waals surface area contributed by atoms with Crippen LogP contribution in [0.2, 0.25) is 0 Å². The van der Waals surface area contributed by atoms with Crippen LogP contribution >= 0.6 is 0 Å². The molecule has 4 rings (SSSR count). The van der Waals surface area contributed by atoms with Gasteiger partial charge in [0, 0.05) is 56.0 Å². The standard InChI is InChI=1S/C26H32N4O/c1-19-8-7-9-22(16-19)17-24-21(3)27-25(23-10-5-4-6-11-23)28-26(24)30-14-12-29(13-15-30)18-20(2)31/h4-11,16,20,31H,12-15,17-18H2,1-3H3/t20-/m0/s1. The van der Waals surface area contributed by atoms with Gasteiger partial charge in [0.1, 0.15) is 5.82 Å². The fourth-order valence-corrected chi connectivity index (χ4v) is 4.31. The van der Waals surface area contributed by atoms with Gasteiger partial charge in [0.25, 0.3) is 0 Å². The van der Waals surface area contributed by atoms with Gasteiger partial charge in [0.15, 0.2) is 5.82 Å². The summed E-state index contributed by atoms with van der Waals surface area (Å²) in [5, 5.41) is 9.74. The Morgan fingerprint density at radius 1 is 0.935 bits per heavy atom. The van der Waals surface area contributed by atoms with Crippen LogP contribution < -0.4 is 4.90 Å². The monoisotopic (exact) mass is 416 g/mol. The first-order valence-electron chi connectivity index (χ1n) is 11.1. The van der Waals surface area contributed by atoms with Gasteiger partial charge >= 0.3 is 0 Å². The molecule has 0 unspecified atom stereocenters. The van der Waals surface area contributed by atoms with Crippen LogP contribution in [0.25, 0.3) is 11.4 Å². The molecular formula is C26H32N4O. The summed E-state index contributed by atoms with van der Waals surface area (Å²) in [6.45, 7) is 10.5. The lowest BCUT2D eigenvalue weighted by Gasteiger charge is -2.37. The van der Waals surface area contributed by atoms with Crippen molar-refractivity contribution in [1.82, 2.24) is 14.9 Å². The number of aryl methyl sites for hydroxylation is 2. The van der Waals surface area contributed by atoms with Crippen molar-refractivity contribution in [3.05, 3.63) is 77.0 Å². The van der Waals surface area contributed by atoms with Crippen molar-refractivity contribution in [1.29, 1.82) is 0 Å². The van der Waals surface area contributed by atoms with E-state index in [4.69, 9.17) is 9.97 Å². The predicted molar refractivity (Wildman–Crippen MR) is 127 cm³/mol. The van der Waals surface area contributed by atoms with Crippen molar-refractivity contribution in [2.24, 2.45) is 0 Å². The zero-order chi connectivity index (χ0) is 21.8. The minimum atomic E-state index is -0.297. The molecule has 0 bridgehead atoms. The molecule has 1 aliphatic heterocycles. The highest BCUT2D eigenvalue weighted by Crippen LogP contribution is 2.28. The first kappa shape index (κ1) is 21.5. The molecule has 5 heteroatoms. The van der Waals surface area contributed by atoms with Crippen molar-refractivity contribution in [3.8, 4) is 11.4 Å². The largest absolute Gasteiger partial charge is 0.392 e. The van der Waals surface area contributed by atoms with E-state index in [1.165, 1.54) is 16.7 Å². The number of β-amino-alcohol motifs (C(OH)–C–C–N with tert-alkyl or cyclic N) is 1. The SMILES string of the molecule is Cc1cccc(Cc2c(C)nc(-c3ccccc3)nc2N2CCN(C[C@H](C)O)CC2)c1. The molecule has 2 aromatic carbocycles. The van der Waals surface area contributed by atoms with E-state index in [1.54, 1.807) is 0 Å². The van der Waals surface area contributed by atoms with Gasteiger partial charge < -0.3 is 10.0 Å². The summed E-state index contributed by atoms with van der Waals surface area (Å²) in [5.41, 5.74) is 5.84. The number of rotatable bonds is 6. The van der Waals surface area contributed by atoms with Crippen molar-refractivity contribution in [2.45, 2.75) is 33.3 Å². The number of aliphatic hydroxyl groups excluding tert-OH is 1. The van der Waals surface area contributed by atoms with E-state index in [1.807, 2.05) is 25.1 Å². The Balaban J connectivity index is 1.68. The molecule has 0 aliphatic carbocycles. The highest BCUT2D eigenvalue weighted by Gasteiger charge is 2.23. The van der Waals surface area contributed by atoms with Gasteiger partial charge in [-0.2, -0.15) is 0 Å². The summed E-state index contributed by atoms with van der Waals surface area (Å²) < 4.78 is 0. The first-order valence-corrected chi connectivity index (χ1v) is 11.1. The third kappa shape index (κ3) is 5.30. The second-order valence-electron chi connectivity index (χ2n) is 8.60. The summed E-state index contributed by atoms with van der Waals surface area (Å²) in [6.07, 6.45) is 0.528. The molecule has 1 aromatic heterocycles. The molecule has 5 nitrogen and oxygen atoms in total. The van der Waals surface area contributed by atoms with Crippen LogP contribution in [0.4, 0.5) is 5.82 Å². The Morgan fingerprint density at radius 2 is 1.68 bits per heavy atom. The maximum absolute atomic E-state index is 9.74. The van der Waals surface area contributed by atoms with Gasteiger partial charge in [-0.15, -0.1) is 0 Å². The fraction of sp³-hybridized carbons (Fsp3) is 0.385. The number of aromatic nitrogens is 2. The number of benzene rings is 2. The molecule has 162 valence electrons. The molecule has 0 amide bonds. The van der Waals surface area contributed by atoms with Crippen LogP contribution in [0, 0.1) is 13.8 Å². The van der Waals surface area contributed by atoms with Crippen molar-refractivity contribution >= 4 is 5.82 Å². The maximum Gasteiger partial charge on any atom is 0.161 e. The van der Waals surface area contributed by atoms with E-state index in [-0.39, 0.29) is 6.10 Å². The Morgan fingerprint density at radius 3 is 2.35 bits per heavy atom. The van der Waals surface area contributed by atoms with Crippen LogP contribution in [0.15, 0.2) is 54.6 Å². The molecule has 1 N–H and O–H groups in total. The molecule has 0 radical (unpaired) electrons. The highest BCUT2D eigenvalue weighted by molar-refractivity contribution is 5.61. The van der Waals surface area contributed by atoms with Crippen LogP contribution in [0.1, 0.15) is 29.3 Å². The van der Waals surface area contributed by atoms with Crippen molar-refractivity contribution < 1.29 is 5.11 Å². The number of hydrogen-bond acceptors (Lipinski definition) is 5. The summed E-state index contributed by atoms with van der Waals surface area (Å²) >= 11 is 0. The third-order valence-corrected chi connectivity index (χ3v) is 5.88. The van der Waals surface area contributed by atoms with E-state index in [9.17, 15) is 5.11 Å². The lowest BCUT2D eigenvalue weighted by atomic mass is 10.0. The molecule has 3 aromatic rings. The Labute approximate surface area is 185 Å². The molecule has 1 atom stereocenters. The van der Waals surface area contributed by atoms with Crippen LogP contribution in [0.3, 0.4) is 0 Å². The van der Waals surface area contributed by atoms with E-state index in [0.717, 1.165) is 62.0 Å². The number of anilines is 1. The van der Waals surface area contributed by atoms with Gasteiger partial charge in [-0.05, 0) is 26.3 Å². The lowest BCUT2D eigenvalue weighted by Crippen LogP contribution is -2.48. The molecule has 1 fully saturated rings. The maximum atomic E-state index is 9.74. The normalized spacial score (nSPS) is 15.8. The van der Waals surface area contributed by atoms with Crippen molar-refractivity contribution in [2.75, 3.05) is 37.6 Å². The third-order valence-electron chi connectivity index (χ3n) is 5.88. The number of aliphatic hydroxyl groups is 1. The molecule has 0 spiro atoms. The average molecular weight is 417 g/mol. The molecular weight excluding hydrogens is 384 g/mol. The van der Waals surface area contributed by atoms with E-state index in [2.05, 4.69) is 60.0 Å². The van der Waals surface area contributed by atoms with E-state index >= 15 is 0 Å². The lowest BCUT2D eigenvalue weighted by molar-refractivity contribution is 0.122. The molecule has 2 heterocycles. The van der Waals surface area contributed by atoms with Crippen molar-refractivity contribution in [3.63, 3.8) is 0 Å². The quantitative estimate of drug-likeness (QED) is 0.661. The summed E-state index contributed by atoms with van der Waals surface area (Å²) in [7, 11) is 0. The van der Waals surface area contributed by atoms with Crippen LogP contribution in [-0.4, -0.2) is 58.8 Å². The Bertz CT molecular complexity index is 1010. The number of nitrogens with zero attached hydrogens (tertiary/aromatic N) is 4. The predicted octanol–water partition coefficient (Wildman–Crippen LogP) is 3.85. The van der Waals surface area contributed by atoms with Crippen LogP contribution in [-0.2, 0) is 6.42 Å². The van der Waals surface area contributed by atoms with Gasteiger partial charge in [0.2, 0.25) is 0 Å². The Hall–Kier alpha value is -2.76. The van der Waals surface area contributed by atoms with E-state index < -0.39 is 0 Å². The van der Waals surface area contributed by atoms with Gasteiger partial charge in [0.05, 0.1) is 6.10 Å². The van der Waals surface area contributed by atoms with Gasteiger partial charge in [-0.3, -0.25) is 4.90 Å². The summed E-state index contributed by atoms with van der Waals surface area (Å²) in [5.74, 6) is 1.83. The van der Waals surface area contributed by atoms with Crippen LogP contribution in [0.5, 0.6) is 0 Å². The first-order chi connectivity index (χ1) is 15.0. The second kappa shape index (κ2) is 9.58. The fourth-order valence-electron chi connectivity index (χ4n) is 4.31. The average Bonchev–Trinajstić information content (AvgIpc) is 2.76. The Kier molecular flexibility index (Phi) is 6.64. The zero-order valence-corrected chi connectivity index (χ0v) is 18.8. The zero-order valence-electron chi connectivity index (χ0n) is 18.8. The second-order valence-corrected chi connectivity index (χ2v) is 8.60. The van der Waals surface area contributed by atoms with Gasteiger partial charge in [-0.1, -0.05) is 60.2 Å². The molecule has 1 saturated heterocycles. The number of hydrogen-bond donors (Lipinski definition) is 1. The molecule has 0 saturated carbocycles. The number of piperazine rings is 1. The van der Waals surface area contributed by atoms with Gasteiger partial charge in [-0.25, -0.2) is 9.97 Å². The summed E-state index contributed by atoms with van der Waals surface area (Å²) in [4.78, 5) is 14.7. The topological polar surface area (TPSA) is 52.5 Å². The highest BCUT2D eigenvalue weighted by atomic mass is 16.3. The summed E-state index contributed by atoms with van der Waals surface area (Å²) in [6, 6.07) is 18.9. The van der Waals surface area contributed by atoms with E-state index in [0.29, 0.717) is 0 Å². The minimum absolute atomic E-state index is 0.297. The minimum Gasteiger partial charge on any atom is -0.392 e. The molecule has 1 aliphatic rings.